The Labute approximate surface area is 245 Å². The Morgan fingerprint density at radius 3 is 2.56 bits per heavy atom. The van der Waals surface area contributed by atoms with Crippen molar-refractivity contribution in [3.8, 4) is 5.75 Å². The molecule has 2 aliphatic heterocycles. The lowest BCUT2D eigenvalue weighted by Gasteiger charge is -2.30. The molecule has 5 rings (SSSR count). The van der Waals surface area contributed by atoms with E-state index in [9.17, 15) is 19.4 Å². The summed E-state index contributed by atoms with van der Waals surface area (Å²) in [5.41, 5.74) is 0.598. The van der Waals surface area contributed by atoms with Crippen LogP contribution in [0.2, 0.25) is 5.02 Å². The van der Waals surface area contributed by atoms with Gasteiger partial charge in [-0.25, -0.2) is 4.39 Å². The molecule has 3 atom stereocenters. The van der Waals surface area contributed by atoms with Crippen LogP contribution in [0.5, 0.6) is 5.75 Å². The van der Waals surface area contributed by atoms with E-state index in [2.05, 4.69) is 15.1 Å². The van der Waals surface area contributed by atoms with Crippen LogP contribution in [0.1, 0.15) is 44.8 Å². The highest BCUT2D eigenvalue weighted by molar-refractivity contribution is 6.32. The summed E-state index contributed by atoms with van der Waals surface area (Å²) in [6, 6.07) is 15.3. The first-order chi connectivity index (χ1) is 19.6. The number of ether oxygens (including phenoxy) is 1. The molecule has 2 saturated heterocycles. The molecule has 0 spiro atoms. The zero-order valence-electron chi connectivity index (χ0n) is 23.7. The SMILES string of the molecule is CC(C)(O)COc1ccc([C@@H](O)[C@@H](CN2CCCC2)NC(=O)C2CCN(c3ccc4cc(F)ccc4c3)C2)cc1Cl. The first-order valence-corrected chi connectivity index (χ1v) is 14.7. The van der Waals surface area contributed by atoms with Crippen LogP contribution in [0.3, 0.4) is 0 Å². The van der Waals surface area contributed by atoms with Crippen LogP contribution in [0, 0.1) is 11.7 Å². The highest BCUT2D eigenvalue weighted by Gasteiger charge is 2.33. The molecule has 0 aromatic heterocycles. The lowest BCUT2D eigenvalue weighted by atomic mass is 10.00. The minimum atomic E-state index is -1.00. The maximum Gasteiger partial charge on any atom is 0.225 e. The number of carbonyl (C=O) groups excluding carboxylic acids is 1. The first kappa shape index (κ1) is 29.6. The Balaban J connectivity index is 1.26. The van der Waals surface area contributed by atoms with E-state index in [1.54, 1.807) is 38.1 Å². The van der Waals surface area contributed by atoms with Gasteiger partial charge >= 0.3 is 0 Å². The summed E-state index contributed by atoms with van der Waals surface area (Å²) >= 11 is 6.47. The molecule has 2 fully saturated rings. The summed E-state index contributed by atoms with van der Waals surface area (Å²) in [7, 11) is 0. The number of fused-ring (bicyclic) bond motifs is 1. The van der Waals surface area contributed by atoms with Crippen molar-refractivity contribution in [3.63, 3.8) is 0 Å². The summed E-state index contributed by atoms with van der Waals surface area (Å²) in [6.45, 7) is 7.11. The fraction of sp³-hybridized carbons (Fsp3) is 0.469. The molecule has 3 aromatic carbocycles. The zero-order valence-corrected chi connectivity index (χ0v) is 24.4. The van der Waals surface area contributed by atoms with Crippen molar-refractivity contribution in [1.29, 1.82) is 0 Å². The molecule has 7 nitrogen and oxygen atoms in total. The highest BCUT2D eigenvalue weighted by Crippen LogP contribution is 2.31. The second-order valence-electron chi connectivity index (χ2n) is 12.0. The third-order valence-corrected chi connectivity index (χ3v) is 8.25. The molecule has 0 saturated carbocycles. The van der Waals surface area contributed by atoms with E-state index in [1.165, 1.54) is 12.1 Å². The molecule has 0 radical (unpaired) electrons. The van der Waals surface area contributed by atoms with Crippen molar-refractivity contribution >= 4 is 34.0 Å². The van der Waals surface area contributed by atoms with Crippen LogP contribution in [-0.2, 0) is 4.79 Å². The molecule has 2 aliphatic rings. The van der Waals surface area contributed by atoms with Crippen molar-refractivity contribution < 1.29 is 24.1 Å². The number of halogens is 2. The van der Waals surface area contributed by atoms with Crippen LogP contribution in [0.25, 0.3) is 10.8 Å². The number of nitrogens with zero attached hydrogens (tertiary/aromatic N) is 2. The molecular weight excluding hydrogens is 545 g/mol. The predicted molar refractivity (Wildman–Crippen MR) is 160 cm³/mol. The minimum absolute atomic E-state index is 0.0742. The molecule has 0 bridgehead atoms. The Morgan fingerprint density at radius 1 is 1.10 bits per heavy atom. The number of rotatable bonds is 10. The third-order valence-electron chi connectivity index (χ3n) is 7.95. The number of carbonyl (C=O) groups is 1. The van der Waals surface area contributed by atoms with Gasteiger partial charge in [-0.15, -0.1) is 0 Å². The second kappa shape index (κ2) is 12.5. The number of benzene rings is 3. The van der Waals surface area contributed by atoms with Crippen molar-refractivity contribution in [2.75, 3.05) is 44.2 Å². The van der Waals surface area contributed by atoms with Crippen molar-refractivity contribution in [2.24, 2.45) is 5.92 Å². The van der Waals surface area contributed by atoms with E-state index in [1.807, 2.05) is 18.2 Å². The molecule has 0 aliphatic carbocycles. The van der Waals surface area contributed by atoms with Gasteiger partial charge in [-0.3, -0.25) is 4.79 Å². The van der Waals surface area contributed by atoms with Crippen LogP contribution >= 0.6 is 11.6 Å². The number of hydrogen-bond acceptors (Lipinski definition) is 6. The lowest BCUT2D eigenvalue weighted by molar-refractivity contribution is -0.126. The Hall–Kier alpha value is -2.91. The fourth-order valence-corrected chi connectivity index (χ4v) is 5.93. The predicted octanol–water partition coefficient (Wildman–Crippen LogP) is 4.92. The number of amides is 1. The summed E-state index contributed by atoms with van der Waals surface area (Å²) < 4.78 is 19.2. The maximum absolute atomic E-state index is 13.6. The van der Waals surface area contributed by atoms with Crippen molar-refractivity contribution in [2.45, 2.75) is 50.9 Å². The number of anilines is 1. The number of likely N-dealkylation sites (tertiary alicyclic amines) is 1. The van der Waals surface area contributed by atoms with Gasteiger partial charge in [0, 0.05) is 25.3 Å². The van der Waals surface area contributed by atoms with Gasteiger partial charge in [0.15, 0.2) is 0 Å². The maximum atomic E-state index is 13.6. The number of aliphatic hydroxyl groups is 2. The largest absolute Gasteiger partial charge is 0.489 e. The van der Waals surface area contributed by atoms with Crippen LogP contribution in [0.4, 0.5) is 10.1 Å². The highest BCUT2D eigenvalue weighted by atomic mass is 35.5. The fourth-order valence-electron chi connectivity index (χ4n) is 5.68. The number of aliphatic hydroxyl groups excluding tert-OH is 1. The van der Waals surface area contributed by atoms with Crippen molar-refractivity contribution in [3.05, 3.63) is 71.0 Å². The van der Waals surface area contributed by atoms with Crippen molar-refractivity contribution in [1.82, 2.24) is 10.2 Å². The molecule has 9 heteroatoms. The Kier molecular flexibility index (Phi) is 9.04. The molecule has 2 heterocycles. The average molecular weight is 584 g/mol. The van der Waals surface area contributed by atoms with Crippen LogP contribution in [0.15, 0.2) is 54.6 Å². The first-order valence-electron chi connectivity index (χ1n) is 14.4. The van der Waals surface area contributed by atoms with Crippen LogP contribution in [-0.4, -0.2) is 72.0 Å². The Bertz CT molecular complexity index is 1370. The van der Waals surface area contributed by atoms with Gasteiger partial charge in [-0.1, -0.05) is 29.8 Å². The van der Waals surface area contributed by atoms with Gasteiger partial charge in [-0.2, -0.15) is 0 Å². The number of hydrogen-bond donors (Lipinski definition) is 3. The van der Waals surface area contributed by atoms with Gasteiger partial charge in [0.05, 0.1) is 22.6 Å². The van der Waals surface area contributed by atoms with E-state index in [0.29, 0.717) is 35.8 Å². The average Bonchev–Trinajstić information content (AvgIpc) is 3.63. The van der Waals surface area contributed by atoms with E-state index < -0.39 is 17.7 Å². The molecule has 3 N–H and O–H groups in total. The standard InChI is InChI=1S/C32H39ClFN3O4/c1-32(2,40)20-41-29-10-7-23(17-27(29)33)30(38)28(19-36-12-3-4-13-36)35-31(39)24-11-14-37(18-24)26-9-6-21-15-25(34)8-5-22(21)16-26/h5-10,15-17,24,28,30,38,40H,3-4,11-14,18-20H2,1-2H3,(H,35,39)/t24?,28-,30-/m1/s1. The molecule has 220 valence electrons. The van der Waals surface area contributed by atoms with Crippen LogP contribution < -0.4 is 15.0 Å². The summed E-state index contributed by atoms with van der Waals surface area (Å²) in [6.07, 6.45) is 1.95. The van der Waals surface area contributed by atoms with E-state index in [-0.39, 0.29) is 24.2 Å². The van der Waals surface area contributed by atoms with Gasteiger partial charge < -0.3 is 30.1 Å². The quantitative estimate of drug-likeness (QED) is 0.314. The zero-order chi connectivity index (χ0) is 29.1. The molecule has 3 aromatic rings. The monoisotopic (exact) mass is 583 g/mol. The van der Waals surface area contributed by atoms with E-state index in [0.717, 1.165) is 48.9 Å². The molecule has 1 unspecified atom stereocenters. The Morgan fingerprint density at radius 2 is 1.83 bits per heavy atom. The van der Waals surface area contributed by atoms with Gasteiger partial charge in [0.2, 0.25) is 5.91 Å². The number of nitrogens with one attached hydrogen (secondary N) is 1. The topological polar surface area (TPSA) is 85.3 Å². The smallest absolute Gasteiger partial charge is 0.225 e. The van der Waals surface area contributed by atoms with Gasteiger partial charge in [0.1, 0.15) is 24.3 Å². The second-order valence-corrected chi connectivity index (χ2v) is 12.4. The summed E-state index contributed by atoms with van der Waals surface area (Å²) in [5.74, 6) is -0.121. The molecular formula is C32H39ClFN3O4. The molecule has 41 heavy (non-hydrogen) atoms. The normalized spacial score (nSPS) is 19.5. The lowest BCUT2D eigenvalue weighted by Crippen LogP contribution is -2.48. The van der Waals surface area contributed by atoms with Gasteiger partial charge in [0.25, 0.3) is 0 Å². The van der Waals surface area contributed by atoms with Gasteiger partial charge in [-0.05, 0) is 98.9 Å². The molecule has 1 amide bonds. The third kappa shape index (κ3) is 7.49. The minimum Gasteiger partial charge on any atom is -0.489 e. The summed E-state index contributed by atoms with van der Waals surface area (Å²) in [4.78, 5) is 18.0. The summed E-state index contributed by atoms with van der Waals surface area (Å²) in [5, 5.41) is 26.7. The van der Waals surface area contributed by atoms with E-state index >= 15 is 0 Å². The van der Waals surface area contributed by atoms with E-state index in [4.69, 9.17) is 16.3 Å².